The number of pyridine rings is 1. The molecule has 0 aliphatic heterocycles. The van der Waals surface area contributed by atoms with E-state index in [-0.39, 0.29) is 12.3 Å². The average Bonchev–Trinajstić information content (AvgIpc) is 2.15. The van der Waals surface area contributed by atoms with Crippen LogP contribution < -0.4 is 0 Å². The van der Waals surface area contributed by atoms with Crippen LogP contribution in [0.4, 0.5) is 4.39 Å². The van der Waals surface area contributed by atoms with Crippen LogP contribution in [0.25, 0.3) is 6.08 Å². The van der Waals surface area contributed by atoms with E-state index in [0.717, 1.165) is 0 Å². The fourth-order valence-electron chi connectivity index (χ4n) is 0.815. The van der Waals surface area contributed by atoms with E-state index in [1.54, 1.807) is 6.07 Å². The molecule has 13 heavy (non-hydrogen) atoms. The summed E-state index contributed by atoms with van der Waals surface area (Å²) in [6, 6.07) is 2.81. The number of hydrogen-bond acceptors (Lipinski definition) is 3. The molecule has 3 nitrogen and oxygen atoms in total. The molecule has 1 heterocycles. The lowest BCUT2D eigenvalue weighted by atomic mass is 10.2. The van der Waals surface area contributed by atoms with Gasteiger partial charge >= 0.3 is 0 Å². The van der Waals surface area contributed by atoms with Crippen LogP contribution in [0.3, 0.4) is 0 Å². The van der Waals surface area contributed by atoms with E-state index in [9.17, 15) is 4.39 Å². The first-order chi connectivity index (χ1) is 6.27. The Balaban J connectivity index is 2.97. The minimum absolute atomic E-state index is 0.110. The maximum absolute atomic E-state index is 12.9. The largest absolute Gasteiger partial charge is 0.392 e. The molecule has 66 valence electrons. The molecule has 0 bridgehead atoms. The van der Waals surface area contributed by atoms with Crippen molar-refractivity contribution in [3.8, 4) is 6.07 Å². The van der Waals surface area contributed by atoms with Crippen molar-refractivity contribution in [1.82, 2.24) is 4.98 Å². The van der Waals surface area contributed by atoms with Crippen molar-refractivity contribution < 1.29 is 9.50 Å². The van der Waals surface area contributed by atoms with Crippen LogP contribution in [-0.4, -0.2) is 16.7 Å². The summed E-state index contributed by atoms with van der Waals surface area (Å²) >= 11 is 0. The maximum Gasteiger partial charge on any atom is 0.176 e. The van der Waals surface area contributed by atoms with Crippen LogP contribution >= 0.6 is 0 Å². The van der Waals surface area contributed by atoms with Crippen molar-refractivity contribution in [3.63, 3.8) is 0 Å². The van der Waals surface area contributed by atoms with Crippen LogP contribution in [-0.2, 0) is 0 Å². The molecule has 0 saturated carbocycles. The molecule has 0 aliphatic rings. The molecule has 0 unspecified atom stereocenters. The van der Waals surface area contributed by atoms with E-state index in [1.165, 1.54) is 24.4 Å². The molecule has 1 aromatic rings. The lowest BCUT2D eigenvalue weighted by Gasteiger charge is -1.94. The molecule has 4 heteroatoms. The van der Waals surface area contributed by atoms with Gasteiger partial charge in [0.1, 0.15) is 6.07 Å². The molecule has 0 radical (unpaired) electrons. The number of hydrogen-bond donors (Lipinski definition) is 1. The Morgan fingerprint density at radius 3 is 3.00 bits per heavy atom. The lowest BCUT2D eigenvalue weighted by molar-refractivity contribution is 0.343. The number of halogens is 1. The van der Waals surface area contributed by atoms with Crippen LogP contribution in [0.2, 0.25) is 0 Å². The van der Waals surface area contributed by atoms with Crippen molar-refractivity contribution in [2.75, 3.05) is 6.61 Å². The van der Waals surface area contributed by atoms with Gasteiger partial charge in [-0.15, -0.1) is 0 Å². The van der Waals surface area contributed by atoms with E-state index in [1.807, 2.05) is 0 Å². The van der Waals surface area contributed by atoms with Gasteiger partial charge < -0.3 is 5.11 Å². The van der Waals surface area contributed by atoms with Crippen molar-refractivity contribution in [2.45, 2.75) is 0 Å². The smallest absolute Gasteiger partial charge is 0.176 e. The maximum atomic E-state index is 12.9. The highest BCUT2D eigenvalue weighted by molar-refractivity contribution is 5.48. The fourth-order valence-corrected chi connectivity index (χ4v) is 0.815. The summed E-state index contributed by atoms with van der Waals surface area (Å²) in [5, 5.41) is 16.8. The van der Waals surface area contributed by atoms with Crippen molar-refractivity contribution in [2.24, 2.45) is 0 Å². The number of nitriles is 1. The molecule has 0 amide bonds. The molecule has 0 fully saturated rings. The first kappa shape index (κ1) is 9.36. The van der Waals surface area contributed by atoms with Crippen LogP contribution in [0.1, 0.15) is 11.3 Å². The van der Waals surface area contributed by atoms with E-state index >= 15 is 0 Å². The SMILES string of the molecule is N#Cc1ncc(C=CCO)cc1F. The van der Waals surface area contributed by atoms with Crippen LogP contribution in [0, 0.1) is 17.1 Å². The van der Waals surface area contributed by atoms with Gasteiger partial charge in [-0.25, -0.2) is 9.37 Å². The highest BCUT2D eigenvalue weighted by Crippen LogP contribution is 2.07. The predicted octanol–water partition coefficient (Wildman–Crippen LogP) is 1.10. The van der Waals surface area contributed by atoms with Gasteiger partial charge in [0.25, 0.3) is 0 Å². The monoisotopic (exact) mass is 178 g/mol. The van der Waals surface area contributed by atoms with E-state index in [4.69, 9.17) is 10.4 Å². The van der Waals surface area contributed by atoms with Gasteiger partial charge in [-0.3, -0.25) is 0 Å². The quantitative estimate of drug-likeness (QED) is 0.737. The first-order valence-electron chi connectivity index (χ1n) is 3.61. The standard InChI is InChI=1S/C9H7FN2O/c10-8-4-7(2-1-3-13)6-12-9(8)5-11/h1-2,4,6,13H,3H2. The Labute approximate surface area is 74.8 Å². The summed E-state index contributed by atoms with van der Waals surface area (Å²) < 4.78 is 12.9. The summed E-state index contributed by atoms with van der Waals surface area (Å²) in [6.07, 6.45) is 4.35. The van der Waals surface area contributed by atoms with Crippen molar-refractivity contribution in [1.29, 1.82) is 5.26 Å². The second kappa shape index (κ2) is 4.33. The summed E-state index contributed by atoms with van der Waals surface area (Å²) in [7, 11) is 0. The third-order valence-corrected chi connectivity index (χ3v) is 1.38. The fraction of sp³-hybridized carbons (Fsp3) is 0.111. The van der Waals surface area contributed by atoms with Gasteiger partial charge in [-0.2, -0.15) is 5.26 Å². The summed E-state index contributed by atoms with van der Waals surface area (Å²) in [5.41, 5.74) is 0.298. The number of nitrogens with zero attached hydrogens (tertiary/aromatic N) is 2. The highest BCUT2D eigenvalue weighted by Gasteiger charge is 2.01. The molecule has 1 N–H and O–H groups in total. The Morgan fingerprint density at radius 1 is 1.69 bits per heavy atom. The zero-order valence-electron chi connectivity index (χ0n) is 6.74. The van der Waals surface area contributed by atoms with Gasteiger partial charge in [0.15, 0.2) is 11.5 Å². The summed E-state index contributed by atoms with van der Waals surface area (Å²) in [6.45, 7) is -0.110. The number of aliphatic hydroxyl groups excluding tert-OH is 1. The number of aliphatic hydroxyl groups is 1. The number of aromatic nitrogens is 1. The van der Waals surface area contributed by atoms with Gasteiger partial charge in [-0.1, -0.05) is 12.2 Å². The average molecular weight is 178 g/mol. The first-order valence-corrected chi connectivity index (χ1v) is 3.61. The predicted molar refractivity (Wildman–Crippen MR) is 45.0 cm³/mol. The Morgan fingerprint density at radius 2 is 2.46 bits per heavy atom. The third-order valence-electron chi connectivity index (χ3n) is 1.38. The van der Waals surface area contributed by atoms with E-state index < -0.39 is 5.82 Å². The minimum Gasteiger partial charge on any atom is -0.392 e. The summed E-state index contributed by atoms with van der Waals surface area (Å²) in [5.74, 6) is -0.650. The minimum atomic E-state index is -0.650. The molecule has 0 aliphatic carbocycles. The Bertz CT molecular complexity index is 368. The normalized spacial score (nSPS) is 10.2. The topological polar surface area (TPSA) is 56.9 Å². The molecule has 1 aromatic heterocycles. The lowest BCUT2D eigenvalue weighted by Crippen LogP contribution is -1.89. The van der Waals surface area contributed by atoms with Crippen molar-refractivity contribution >= 4 is 6.08 Å². The van der Waals surface area contributed by atoms with Gasteiger partial charge in [0, 0.05) is 6.20 Å². The summed E-state index contributed by atoms with van der Waals surface area (Å²) in [4.78, 5) is 3.58. The Kier molecular flexibility index (Phi) is 3.12. The van der Waals surface area contributed by atoms with Gasteiger partial charge in [0.05, 0.1) is 6.61 Å². The van der Waals surface area contributed by atoms with E-state index in [2.05, 4.69) is 4.98 Å². The van der Waals surface area contributed by atoms with Crippen LogP contribution in [0.15, 0.2) is 18.3 Å². The molecule has 0 saturated heterocycles. The van der Waals surface area contributed by atoms with Gasteiger partial charge in [-0.05, 0) is 11.6 Å². The second-order valence-electron chi connectivity index (χ2n) is 2.30. The molecular formula is C9H7FN2O. The molecule has 0 aromatic carbocycles. The number of rotatable bonds is 2. The second-order valence-corrected chi connectivity index (χ2v) is 2.30. The molecule has 1 rings (SSSR count). The zero-order valence-corrected chi connectivity index (χ0v) is 6.74. The van der Waals surface area contributed by atoms with E-state index in [0.29, 0.717) is 5.56 Å². The molecule has 0 atom stereocenters. The highest BCUT2D eigenvalue weighted by atomic mass is 19.1. The third kappa shape index (κ3) is 2.36. The zero-order chi connectivity index (χ0) is 9.68. The Hall–Kier alpha value is -1.73. The molecular weight excluding hydrogens is 171 g/mol. The van der Waals surface area contributed by atoms with Crippen LogP contribution in [0.5, 0.6) is 0 Å². The van der Waals surface area contributed by atoms with Crippen molar-refractivity contribution in [3.05, 3.63) is 35.4 Å². The van der Waals surface area contributed by atoms with Gasteiger partial charge in [0.2, 0.25) is 0 Å². The molecule has 0 spiro atoms.